The third-order valence-electron chi connectivity index (χ3n) is 4.15. The second kappa shape index (κ2) is 8.79. The maximum atomic E-state index is 12.8. The summed E-state index contributed by atoms with van der Waals surface area (Å²) in [4.78, 5) is 0.524. The molecule has 0 saturated heterocycles. The number of rotatable bonds is 6. The summed E-state index contributed by atoms with van der Waals surface area (Å²) in [5, 5.41) is 9.27. The highest BCUT2D eigenvalue weighted by molar-refractivity contribution is 9.10. The Balaban J connectivity index is 1.49. The lowest BCUT2D eigenvalue weighted by Crippen LogP contribution is -2.01. The second-order valence-corrected chi connectivity index (χ2v) is 11.2. The van der Waals surface area contributed by atoms with Gasteiger partial charge in [-0.25, -0.2) is 8.42 Å². The molecule has 1 aromatic heterocycles. The Morgan fingerprint density at radius 1 is 0.828 bits per heavy atom. The zero-order valence-corrected chi connectivity index (χ0v) is 19.1. The van der Waals surface area contributed by atoms with Crippen molar-refractivity contribution < 1.29 is 8.42 Å². The van der Waals surface area contributed by atoms with Gasteiger partial charge in [-0.2, -0.15) is 0 Å². The first-order chi connectivity index (χ1) is 14.0. The number of hydrogen-bond donors (Lipinski definition) is 0. The van der Waals surface area contributed by atoms with Crippen molar-refractivity contribution in [3.05, 3.63) is 88.9 Å². The van der Waals surface area contributed by atoms with Crippen molar-refractivity contribution in [3.63, 3.8) is 0 Å². The van der Waals surface area contributed by atoms with Crippen molar-refractivity contribution in [3.8, 4) is 10.6 Å². The lowest BCUT2D eigenvalue weighted by Gasteiger charge is -2.05. The summed E-state index contributed by atoms with van der Waals surface area (Å²) in [6.07, 6.45) is 0. The van der Waals surface area contributed by atoms with Crippen molar-refractivity contribution >= 4 is 48.9 Å². The molecule has 0 bridgehead atoms. The normalized spacial score (nSPS) is 11.5. The van der Waals surface area contributed by atoms with E-state index in [0.29, 0.717) is 0 Å². The molecule has 3 aromatic carbocycles. The largest absolute Gasteiger partial charge is 0.219 e. The first-order valence-electron chi connectivity index (χ1n) is 8.64. The maximum absolute atomic E-state index is 12.8. The van der Waals surface area contributed by atoms with Gasteiger partial charge in [0, 0.05) is 15.8 Å². The van der Waals surface area contributed by atoms with Crippen LogP contribution in [0.4, 0.5) is 0 Å². The van der Waals surface area contributed by atoms with E-state index in [1.54, 1.807) is 60.3 Å². The highest BCUT2D eigenvalue weighted by Crippen LogP contribution is 2.32. The van der Waals surface area contributed by atoms with Gasteiger partial charge in [0.25, 0.3) is 0 Å². The van der Waals surface area contributed by atoms with E-state index >= 15 is 0 Å². The predicted octanol–water partition coefficient (Wildman–Crippen LogP) is 6.09. The molecule has 146 valence electrons. The minimum Gasteiger partial charge on any atom is -0.219 e. The standard InChI is InChI=1S/C21H15BrN2O2S3/c22-17-8-12-19(13-9-17)29(25,26)18-10-6-16(7-11-18)20-23-24-21(28-20)27-14-15-4-2-1-3-5-15/h1-13H,14H2. The molecule has 8 heteroatoms. The Labute approximate surface area is 186 Å². The molecule has 0 spiro atoms. The van der Waals surface area contributed by atoms with E-state index in [0.717, 1.165) is 25.1 Å². The van der Waals surface area contributed by atoms with Crippen LogP contribution >= 0.6 is 39.0 Å². The maximum Gasteiger partial charge on any atom is 0.206 e. The Bertz CT molecular complexity index is 1210. The lowest BCUT2D eigenvalue weighted by atomic mass is 10.2. The van der Waals surface area contributed by atoms with Gasteiger partial charge >= 0.3 is 0 Å². The summed E-state index contributed by atoms with van der Waals surface area (Å²) >= 11 is 6.46. The van der Waals surface area contributed by atoms with Crippen LogP contribution < -0.4 is 0 Å². The molecular formula is C21H15BrN2O2S3. The number of halogens is 1. The van der Waals surface area contributed by atoms with Gasteiger partial charge in [0.2, 0.25) is 9.84 Å². The highest BCUT2D eigenvalue weighted by Gasteiger charge is 2.18. The van der Waals surface area contributed by atoms with Crippen molar-refractivity contribution in [2.75, 3.05) is 0 Å². The zero-order chi connectivity index (χ0) is 20.3. The summed E-state index contributed by atoms with van der Waals surface area (Å²) in [7, 11) is -3.55. The van der Waals surface area contributed by atoms with E-state index in [1.165, 1.54) is 16.9 Å². The molecule has 0 N–H and O–H groups in total. The van der Waals surface area contributed by atoms with E-state index in [-0.39, 0.29) is 9.79 Å². The predicted molar refractivity (Wildman–Crippen MR) is 121 cm³/mol. The smallest absolute Gasteiger partial charge is 0.206 e. The molecule has 0 atom stereocenters. The topological polar surface area (TPSA) is 59.9 Å². The molecule has 4 aromatic rings. The fourth-order valence-corrected chi connectivity index (χ4v) is 5.97. The molecule has 29 heavy (non-hydrogen) atoms. The van der Waals surface area contributed by atoms with Crippen LogP contribution in [-0.4, -0.2) is 18.6 Å². The summed E-state index contributed by atoms with van der Waals surface area (Å²) in [5.41, 5.74) is 2.08. The van der Waals surface area contributed by atoms with Crippen LogP contribution in [0.25, 0.3) is 10.6 Å². The molecule has 0 aliphatic rings. The van der Waals surface area contributed by atoms with Gasteiger partial charge in [-0.1, -0.05) is 81.5 Å². The fourth-order valence-electron chi connectivity index (χ4n) is 2.63. The van der Waals surface area contributed by atoms with Crippen LogP contribution in [0.3, 0.4) is 0 Å². The zero-order valence-electron chi connectivity index (χ0n) is 15.0. The lowest BCUT2D eigenvalue weighted by molar-refractivity contribution is 0.596. The quantitative estimate of drug-likeness (QED) is 0.298. The van der Waals surface area contributed by atoms with Gasteiger partial charge < -0.3 is 0 Å². The van der Waals surface area contributed by atoms with Crippen LogP contribution in [0.5, 0.6) is 0 Å². The van der Waals surface area contributed by atoms with Crippen molar-refractivity contribution in [1.82, 2.24) is 10.2 Å². The molecule has 0 aliphatic carbocycles. The van der Waals surface area contributed by atoms with E-state index in [4.69, 9.17) is 0 Å². The molecule has 0 unspecified atom stereocenters. The average Bonchev–Trinajstić information content (AvgIpc) is 3.22. The summed E-state index contributed by atoms with van der Waals surface area (Å²) in [5.74, 6) is 0.833. The van der Waals surface area contributed by atoms with Crippen LogP contribution in [-0.2, 0) is 15.6 Å². The van der Waals surface area contributed by atoms with E-state index in [9.17, 15) is 8.42 Å². The van der Waals surface area contributed by atoms with E-state index in [1.807, 2.05) is 18.2 Å². The Hall–Kier alpha value is -2.00. The minimum absolute atomic E-state index is 0.256. The molecule has 0 amide bonds. The third-order valence-corrected chi connectivity index (χ3v) is 8.64. The van der Waals surface area contributed by atoms with E-state index in [2.05, 4.69) is 38.3 Å². The van der Waals surface area contributed by atoms with Gasteiger partial charge in [-0.05, 0) is 42.0 Å². The Morgan fingerprint density at radius 2 is 1.45 bits per heavy atom. The SMILES string of the molecule is O=S(=O)(c1ccc(Br)cc1)c1ccc(-c2nnc(SCc3ccccc3)s2)cc1. The Kier molecular flexibility index (Phi) is 6.15. The van der Waals surface area contributed by atoms with Gasteiger partial charge in [-0.15, -0.1) is 10.2 Å². The number of sulfone groups is 1. The van der Waals surface area contributed by atoms with Gasteiger partial charge in [-0.3, -0.25) is 0 Å². The number of aromatic nitrogens is 2. The van der Waals surface area contributed by atoms with Crippen molar-refractivity contribution in [2.24, 2.45) is 0 Å². The third kappa shape index (κ3) is 4.78. The number of benzene rings is 3. The first-order valence-corrected chi connectivity index (χ1v) is 12.7. The first kappa shape index (κ1) is 20.3. The van der Waals surface area contributed by atoms with Gasteiger partial charge in [0.15, 0.2) is 4.34 Å². The minimum atomic E-state index is -3.55. The molecule has 0 saturated carbocycles. The van der Waals surface area contributed by atoms with Crippen LogP contribution in [0.2, 0.25) is 0 Å². The molecule has 4 nitrogen and oxygen atoms in total. The van der Waals surface area contributed by atoms with Crippen molar-refractivity contribution in [2.45, 2.75) is 19.9 Å². The van der Waals surface area contributed by atoms with E-state index < -0.39 is 9.84 Å². The van der Waals surface area contributed by atoms with Gasteiger partial charge in [0.1, 0.15) is 5.01 Å². The monoisotopic (exact) mass is 502 g/mol. The molecule has 0 fully saturated rings. The molecular weight excluding hydrogens is 488 g/mol. The molecule has 4 rings (SSSR count). The molecule has 0 radical (unpaired) electrons. The number of hydrogen-bond acceptors (Lipinski definition) is 6. The molecule has 0 aliphatic heterocycles. The van der Waals surface area contributed by atoms with Gasteiger partial charge in [0.05, 0.1) is 9.79 Å². The van der Waals surface area contributed by atoms with Crippen LogP contribution in [0.15, 0.2) is 97.5 Å². The fraction of sp³-hybridized carbons (Fsp3) is 0.0476. The number of thioether (sulfide) groups is 1. The second-order valence-electron chi connectivity index (χ2n) is 6.13. The van der Waals surface area contributed by atoms with Crippen LogP contribution in [0.1, 0.15) is 5.56 Å². The van der Waals surface area contributed by atoms with Crippen molar-refractivity contribution in [1.29, 1.82) is 0 Å². The summed E-state index contributed by atoms with van der Waals surface area (Å²) in [6, 6.07) is 23.6. The Morgan fingerprint density at radius 3 is 2.10 bits per heavy atom. The highest BCUT2D eigenvalue weighted by atomic mass is 79.9. The number of nitrogens with zero attached hydrogens (tertiary/aromatic N) is 2. The molecule has 1 heterocycles. The van der Waals surface area contributed by atoms with Crippen LogP contribution in [0, 0.1) is 0 Å². The average molecular weight is 503 g/mol. The summed E-state index contributed by atoms with van der Waals surface area (Å²) in [6.45, 7) is 0. The summed E-state index contributed by atoms with van der Waals surface area (Å²) < 4.78 is 27.3.